The molecule has 3 aromatic heterocycles. The molecule has 4 rings (SSSR count). The van der Waals surface area contributed by atoms with E-state index in [4.69, 9.17) is 4.98 Å². The molecule has 1 atom stereocenters. The number of rotatable bonds is 3. The molecule has 0 aromatic carbocycles. The van der Waals surface area contributed by atoms with Gasteiger partial charge in [-0.3, -0.25) is 14.4 Å². The number of imidazole rings is 1. The number of hydrogen-bond donors (Lipinski definition) is 1. The first-order chi connectivity index (χ1) is 10.7. The fourth-order valence-electron chi connectivity index (χ4n) is 3.47. The van der Waals surface area contributed by atoms with Gasteiger partial charge in [0.25, 0.3) is 0 Å². The molecule has 1 aliphatic heterocycles. The Bertz CT molecular complexity index is 770. The van der Waals surface area contributed by atoms with E-state index in [0.717, 1.165) is 23.7 Å². The van der Waals surface area contributed by atoms with Crippen molar-refractivity contribution in [2.45, 2.75) is 39.2 Å². The van der Waals surface area contributed by atoms with Gasteiger partial charge in [0.2, 0.25) is 0 Å². The third-order valence-electron chi connectivity index (χ3n) is 4.61. The van der Waals surface area contributed by atoms with Crippen LogP contribution < -0.4 is 0 Å². The van der Waals surface area contributed by atoms with Gasteiger partial charge in [-0.05, 0) is 44.7 Å². The summed E-state index contributed by atoms with van der Waals surface area (Å²) in [6, 6.07) is 0. The maximum absolute atomic E-state index is 4.71. The Balaban J connectivity index is 1.55. The number of aromatic amines is 1. The van der Waals surface area contributed by atoms with E-state index in [2.05, 4.69) is 39.5 Å². The maximum Gasteiger partial charge on any atom is 0.194 e. The van der Waals surface area contributed by atoms with Crippen LogP contribution in [0.3, 0.4) is 0 Å². The molecule has 4 heterocycles. The number of nitrogens with zero attached hydrogens (tertiary/aromatic N) is 4. The lowest BCUT2D eigenvalue weighted by molar-refractivity contribution is 0.197. The summed E-state index contributed by atoms with van der Waals surface area (Å²) < 4.78 is 2.27. The Morgan fingerprint density at radius 3 is 3.14 bits per heavy atom. The molecule has 22 heavy (non-hydrogen) atoms. The first-order valence-electron chi connectivity index (χ1n) is 7.85. The molecular formula is C16H21N5S. The van der Waals surface area contributed by atoms with Gasteiger partial charge < -0.3 is 0 Å². The van der Waals surface area contributed by atoms with Crippen molar-refractivity contribution in [3.05, 3.63) is 40.4 Å². The van der Waals surface area contributed by atoms with Crippen LogP contribution in [0.4, 0.5) is 0 Å². The van der Waals surface area contributed by atoms with E-state index in [1.54, 1.807) is 11.3 Å². The van der Waals surface area contributed by atoms with Gasteiger partial charge in [-0.25, -0.2) is 4.98 Å². The third kappa shape index (κ3) is 2.46. The second kappa shape index (κ2) is 5.52. The zero-order chi connectivity index (χ0) is 15.1. The second-order valence-corrected chi connectivity index (χ2v) is 7.46. The lowest BCUT2D eigenvalue weighted by atomic mass is 9.93. The van der Waals surface area contributed by atoms with Gasteiger partial charge in [0, 0.05) is 30.4 Å². The van der Waals surface area contributed by atoms with Crippen molar-refractivity contribution < 1.29 is 0 Å². The predicted molar refractivity (Wildman–Crippen MR) is 88.4 cm³/mol. The second-order valence-electron chi connectivity index (χ2n) is 6.24. The van der Waals surface area contributed by atoms with Crippen LogP contribution in [-0.4, -0.2) is 37.6 Å². The molecule has 0 radical (unpaired) electrons. The highest BCUT2D eigenvalue weighted by molar-refractivity contribution is 7.17. The lowest BCUT2D eigenvalue weighted by Gasteiger charge is -2.32. The zero-order valence-electron chi connectivity index (χ0n) is 13.0. The molecule has 1 saturated heterocycles. The highest BCUT2D eigenvalue weighted by Gasteiger charge is 2.23. The number of piperidine rings is 1. The van der Waals surface area contributed by atoms with Crippen LogP contribution in [0.25, 0.3) is 4.96 Å². The summed E-state index contributed by atoms with van der Waals surface area (Å²) in [4.78, 5) is 9.71. The molecule has 1 aliphatic rings. The van der Waals surface area contributed by atoms with E-state index >= 15 is 0 Å². The molecule has 0 spiro atoms. The summed E-state index contributed by atoms with van der Waals surface area (Å²) in [7, 11) is 0. The minimum absolute atomic E-state index is 0.598. The van der Waals surface area contributed by atoms with E-state index in [9.17, 15) is 0 Å². The van der Waals surface area contributed by atoms with Crippen LogP contribution in [-0.2, 0) is 6.54 Å². The molecule has 0 unspecified atom stereocenters. The average Bonchev–Trinajstić information content (AvgIpc) is 3.19. The Labute approximate surface area is 134 Å². The Morgan fingerprint density at radius 2 is 2.32 bits per heavy atom. The normalized spacial score (nSPS) is 20.0. The number of aryl methyl sites for hydroxylation is 2. The molecule has 0 bridgehead atoms. The largest absolute Gasteiger partial charge is 0.297 e. The molecule has 0 amide bonds. The summed E-state index contributed by atoms with van der Waals surface area (Å²) >= 11 is 1.77. The zero-order valence-corrected chi connectivity index (χ0v) is 13.9. The number of thiazole rings is 1. The molecule has 3 aromatic rings. The number of H-pyrrole nitrogens is 1. The van der Waals surface area contributed by atoms with E-state index < -0.39 is 0 Å². The van der Waals surface area contributed by atoms with Crippen LogP contribution in [0.15, 0.2) is 18.6 Å². The fourth-order valence-corrected chi connectivity index (χ4v) is 4.36. The van der Waals surface area contributed by atoms with Crippen molar-refractivity contribution in [2.24, 2.45) is 0 Å². The summed E-state index contributed by atoms with van der Waals surface area (Å²) in [6.07, 6.45) is 8.73. The quantitative estimate of drug-likeness (QED) is 0.808. The van der Waals surface area contributed by atoms with E-state index in [1.807, 2.05) is 12.4 Å². The summed E-state index contributed by atoms with van der Waals surface area (Å²) in [6.45, 7) is 7.53. The van der Waals surface area contributed by atoms with Gasteiger partial charge in [0.05, 0.1) is 17.6 Å². The van der Waals surface area contributed by atoms with Gasteiger partial charge in [-0.1, -0.05) is 0 Å². The molecule has 0 saturated carbocycles. The van der Waals surface area contributed by atoms with Gasteiger partial charge in [-0.15, -0.1) is 11.3 Å². The minimum Gasteiger partial charge on any atom is -0.297 e. The van der Waals surface area contributed by atoms with Crippen molar-refractivity contribution in [1.29, 1.82) is 0 Å². The van der Waals surface area contributed by atoms with Gasteiger partial charge in [0.15, 0.2) is 4.96 Å². The molecule has 1 N–H and O–H groups in total. The van der Waals surface area contributed by atoms with Crippen LogP contribution in [0.1, 0.15) is 40.6 Å². The van der Waals surface area contributed by atoms with Crippen LogP contribution in [0.5, 0.6) is 0 Å². The first-order valence-corrected chi connectivity index (χ1v) is 8.67. The fraction of sp³-hybridized carbons (Fsp3) is 0.500. The standard InChI is InChI=1S/C16H21N5S/c1-11-8-21-15(12(2)19-16(21)22-11)10-20-5-3-4-13(9-20)14-6-17-18-7-14/h6-8,13H,3-5,9-10H2,1-2H3,(H,17,18)/t13-/m1/s1. The first kappa shape index (κ1) is 14.0. The van der Waals surface area contributed by atoms with Crippen LogP contribution >= 0.6 is 11.3 Å². The van der Waals surface area contributed by atoms with E-state index in [1.165, 1.54) is 35.5 Å². The summed E-state index contributed by atoms with van der Waals surface area (Å²) in [5, 5.41) is 7.04. The smallest absolute Gasteiger partial charge is 0.194 e. The lowest BCUT2D eigenvalue weighted by Crippen LogP contribution is -2.34. The number of nitrogens with one attached hydrogen (secondary N) is 1. The molecular weight excluding hydrogens is 294 g/mol. The molecule has 0 aliphatic carbocycles. The van der Waals surface area contributed by atoms with Crippen LogP contribution in [0.2, 0.25) is 0 Å². The van der Waals surface area contributed by atoms with Gasteiger partial charge in [-0.2, -0.15) is 5.10 Å². The number of hydrogen-bond acceptors (Lipinski definition) is 4. The number of aromatic nitrogens is 4. The van der Waals surface area contributed by atoms with Gasteiger partial charge >= 0.3 is 0 Å². The highest BCUT2D eigenvalue weighted by Crippen LogP contribution is 2.28. The number of likely N-dealkylation sites (tertiary alicyclic amines) is 1. The highest BCUT2D eigenvalue weighted by atomic mass is 32.1. The third-order valence-corrected chi connectivity index (χ3v) is 5.51. The predicted octanol–water partition coefficient (Wildman–Crippen LogP) is 3.12. The van der Waals surface area contributed by atoms with Crippen molar-refractivity contribution >= 4 is 16.3 Å². The molecule has 6 heteroatoms. The average molecular weight is 315 g/mol. The Morgan fingerprint density at radius 1 is 1.41 bits per heavy atom. The van der Waals surface area contributed by atoms with Crippen LogP contribution in [0, 0.1) is 13.8 Å². The topological polar surface area (TPSA) is 49.2 Å². The Kier molecular flexibility index (Phi) is 3.50. The molecule has 5 nitrogen and oxygen atoms in total. The van der Waals surface area contributed by atoms with Crippen molar-refractivity contribution in [3.63, 3.8) is 0 Å². The summed E-state index contributed by atoms with van der Waals surface area (Å²) in [5.41, 5.74) is 3.84. The van der Waals surface area contributed by atoms with Crippen molar-refractivity contribution in [2.75, 3.05) is 13.1 Å². The van der Waals surface area contributed by atoms with E-state index in [-0.39, 0.29) is 0 Å². The Hall–Kier alpha value is -1.66. The monoisotopic (exact) mass is 315 g/mol. The van der Waals surface area contributed by atoms with Crippen molar-refractivity contribution in [3.8, 4) is 0 Å². The van der Waals surface area contributed by atoms with Gasteiger partial charge in [0.1, 0.15) is 0 Å². The minimum atomic E-state index is 0.598. The number of fused-ring (bicyclic) bond motifs is 1. The van der Waals surface area contributed by atoms with E-state index in [0.29, 0.717) is 5.92 Å². The van der Waals surface area contributed by atoms with Crippen molar-refractivity contribution in [1.82, 2.24) is 24.5 Å². The summed E-state index contributed by atoms with van der Waals surface area (Å²) in [5.74, 6) is 0.598. The molecule has 1 fully saturated rings. The maximum atomic E-state index is 4.71. The molecule has 116 valence electrons. The SMILES string of the molecule is Cc1cn2c(CN3CCC[C@@H](c4cn[nH]c4)C3)c(C)nc2s1.